The molecule has 10 heteroatoms. The maximum Gasteiger partial charge on any atom is 0.337 e. The van der Waals surface area contributed by atoms with Crippen LogP contribution >= 0.6 is 0 Å². The molecule has 0 atom stereocenters. The molecule has 9 nitrogen and oxygen atoms in total. The molecule has 0 aliphatic carbocycles. The Morgan fingerprint density at radius 1 is 1.14 bits per heavy atom. The molecule has 2 rings (SSSR count). The summed E-state index contributed by atoms with van der Waals surface area (Å²) in [5.74, 6) is -0.583. The van der Waals surface area contributed by atoms with E-state index in [1.54, 1.807) is 38.1 Å². The molecule has 0 saturated heterocycles. The average molecular weight is 422 g/mol. The summed E-state index contributed by atoms with van der Waals surface area (Å²) in [6.07, 6.45) is 0. The Morgan fingerprint density at radius 2 is 1.83 bits per heavy atom. The Labute approximate surface area is 169 Å². The van der Waals surface area contributed by atoms with Crippen LogP contribution in [0.4, 0.5) is 5.69 Å². The van der Waals surface area contributed by atoms with Crippen molar-refractivity contribution in [1.82, 2.24) is 4.31 Å². The first-order valence-electron chi connectivity index (χ1n) is 8.83. The number of methoxy groups -OCH3 is 1. The van der Waals surface area contributed by atoms with Crippen molar-refractivity contribution in [3.05, 3.63) is 63.7 Å². The van der Waals surface area contributed by atoms with Crippen molar-refractivity contribution in [1.29, 1.82) is 0 Å². The first kappa shape index (κ1) is 22.3. The molecular weight excluding hydrogens is 400 g/mol. The number of benzene rings is 2. The van der Waals surface area contributed by atoms with E-state index < -0.39 is 26.6 Å². The number of ether oxygens (including phenoxy) is 2. The molecule has 0 saturated carbocycles. The maximum absolute atomic E-state index is 12.6. The summed E-state index contributed by atoms with van der Waals surface area (Å²) in [4.78, 5) is 22.2. The monoisotopic (exact) mass is 422 g/mol. The lowest BCUT2D eigenvalue weighted by Gasteiger charge is -2.18. The zero-order valence-corrected chi connectivity index (χ0v) is 17.1. The van der Waals surface area contributed by atoms with Crippen LogP contribution in [0.5, 0.6) is 5.75 Å². The molecule has 2 aromatic rings. The van der Waals surface area contributed by atoms with Crippen LogP contribution in [-0.4, -0.2) is 43.8 Å². The first-order valence-corrected chi connectivity index (χ1v) is 10.3. The predicted octanol–water partition coefficient (Wildman–Crippen LogP) is 2.99. The van der Waals surface area contributed by atoms with Gasteiger partial charge in [-0.2, -0.15) is 4.31 Å². The summed E-state index contributed by atoms with van der Waals surface area (Å²) in [5, 5.41) is 11.5. The summed E-state index contributed by atoms with van der Waals surface area (Å²) in [6, 6.07) is 9.99. The maximum atomic E-state index is 12.6. The van der Waals surface area contributed by atoms with Gasteiger partial charge in [0.1, 0.15) is 6.61 Å². The molecule has 0 bridgehead atoms. The van der Waals surface area contributed by atoms with Crippen LogP contribution in [0.25, 0.3) is 0 Å². The van der Waals surface area contributed by atoms with Crippen LogP contribution in [0.1, 0.15) is 29.8 Å². The van der Waals surface area contributed by atoms with Gasteiger partial charge in [-0.15, -0.1) is 0 Å². The van der Waals surface area contributed by atoms with Crippen molar-refractivity contribution in [2.75, 3.05) is 20.2 Å². The van der Waals surface area contributed by atoms with Crippen LogP contribution in [0, 0.1) is 10.1 Å². The number of rotatable bonds is 9. The smallest absolute Gasteiger partial charge is 0.337 e. The second-order valence-electron chi connectivity index (χ2n) is 5.96. The molecule has 0 fully saturated rings. The Bertz CT molecular complexity index is 1000. The van der Waals surface area contributed by atoms with E-state index in [9.17, 15) is 23.3 Å². The van der Waals surface area contributed by atoms with E-state index in [2.05, 4.69) is 4.74 Å². The molecule has 0 aromatic heterocycles. The highest BCUT2D eigenvalue weighted by molar-refractivity contribution is 7.89. The fraction of sp³-hybridized carbons (Fsp3) is 0.316. The Balaban J connectivity index is 2.31. The van der Waals surface area contributed by atoms with Gasteiger partial charge in [0.2, 0.25) is 10.0 Å². The van der Waals surface area contributed by atoms with Gasteiger partial charge in [0.15, 0.2) is 5.75 Å². The van der Waals surface area contributed by atoms with Gasteiger partial charge in [0.25, 0.3) is 0 Å². The molecule has 0 radical (unpaired) electrons. The Hall–Kier alpha value is -2.98. The van der Waals surface area contributed by atoms with Gasteiger partial charge in [0, 0.05) is 19.2 Å². The third kappa shape index (κ3) is 5.09. The summed E-state index contributed by atoms with van der Waals surface area (Å²) in [6.45, 7) is 3.83. The van der Waals surface area contributed by atoms with Gasteiger partial charge in [-0.3, -0.25) is 10.1 Å². The average Bonchev–Trinajstić information content (AvgIpc) is 2.72. The first-order chi connectivity index (χ1) is 13.7. The van der Waals surface area contributed by atoms with E-state index in [1.807, 2.05) is 0 Å². The molecule has 0 aliphatic heterocycles. The summed E-state index contributed by atoms with van der Waals surface area (Å²) in [5.41, 5.74) is 0.466. The highest BCUT2D eigenvalue weighted by Crippen LogP contribution is 2.31. The molecule has 156 valence electrons. The van der Waals surface area contributed by atoms with Gasteiger partial charge in [-0.25, -0.2) is 13.2 Å². The zero-order valence-electron chi connectivity index (χ0n) is 16.3. The van der Waals surface area contributed by atoms with Crippen molar-refractivity contribution in [2.24, 2.45) is 0 Å². The van der Waals surface area contributed by atoms with Crippen LogP contribution in [-0.2, 0) is 21.4 Å². The molecule has 0 unspecified atom stereocenters. The van der Waals surface area contributed by atoms with Crippen LogP contribution in [0.3, 0.4) is 0 Å². The van der Waals surface area contributed by atoms with E-state index in [0.29, 0.717) is 11.1 Å². The highest BCUT2D eigenvalue weighted by Gasteiger charge is 2.26. The van der Waals surface area contributed by atoms with Crippen LogP contribution in [0.2, 0.25) is 0 Å². The lowest BCUT2D eigenvalue weighted by Crippen LogP contribution is -2.30. The van der Waals surface area contributed by atoms with Crippen molar-refractivity contribution in [3.63, 3.8) is 0 Å². The van der Waals surface area contributed by atoms with Crippen LogP contribution < -0.4 is 4.74 Å². The number of nitro benzene ring substituents is 1. The third-order valence-corrected chi connectivity index (χ3v) is 6.26. The van der Waals surface area contributed by atoms with Crippen molar-refractivity contribution < 1.29 is 27.6 Å². The number of hydrogen-bond acceptors (Lipinski definition) is 7. The van der Waals surface area contributed by atoms with E-state index in [-0.39, 0.29) is 30.3 Å². The predicted molar refractivity (Wildman–Crippen MR) is 105 cm³/mol. The Kier molecular flexibility index (Phi) is 7.29. The molecule has 2 aromatic carbocycles. The van der Waals surface area contributed by atoms with E-state index >= 15 is 0 Å². The van der Waals surface area contributed by atoms with E-state index in [1.165, 1.54) is 23.5 Å². The second-order valence-corrected chi connectivity index (χ2v) is 7.89. The molecule has 0 aliphatic rings. The van der Waals surface area contributed by atoms with Crippen molar-refractivity contribution >= 4 is 21.7 Å². The minimum Gasteiger partial charge on any atom is -0.482 e. The highest BCUT2D eigenvalue weighted by atomic mass is 32.2. The van der Waals surface area contributed by atoms with Gasteiger partial charge in [0.05, 0.1) is 22.5 Å². The fourth-order valence-electron chi connectivity index (χ4n) is 2.70. The van der Waals surface area contributed by atoms with Gasteiger partial charge in [-0.05, 0) is 29.8 Å². The van der Waals surface area contributed by atoms with Gasteiger partial charge in [-0.1, -0.05) is 26.0 Å². The van der Waals surface area contributed by atoms with Gasteiger partial charge >= 0.3 is 11.7 Å². The quantitative estimate of drug-likeness (QED) is 0.346. The van der Waals surface area contributed by atoms with Crippen molar-refractivity contribution in [3.8, 4) is 5.75 Å². The van der Waals surface area contributed by atoms with E-state index in [4.69, 9.17) is 4.74 Å². The number of carbonyl (C=O) groups excluding carboxylic acids is 1. The normalized spacial score (nSPS) is 11.3. The topological polar surface area (TPSA) is 116 Å². The minimum absolute atomic E-state index is 0.0478. The number of sulfonamides is 1. The summed E-state index contributed by atoms with van der Waals surface area (Å²) in [7, 11) is -2.57. The number of nitrogens with zero attached hydrogens (tertiary/aromatic N) is 2. The molecule has 0 N–H and O–H groups in total. The Morgan fingerprint density at radius 3 is 2.41 bits per heavy atom. The number of nitro groups is 1. The zero-order chi connectivity index (χ0) is 21.6. The SMILES string of the molecule is CCN(CC)S(=O)(=O)c1ccc(OCc2cccc(C(=O)OC)c2)c([N+](=O)[O-])c1. The third-order valence-electron chi connectivity index (χ3n) is 4.21. The van der Waals surface area contributed by atoms with E-state index in [0.717, 1.165) is 6.07 Å². The van der Waals surface area contributed by atoms with Gasteiger partial charge < -0.3 is 9.47 Å². The molecular formula is C19H22N2O7S. The molecule has 0 heterocycles. The van der Waals surface area contributed by atoms with Crippen molar-refractivity contribution in [2.45, 2.75) is 25.3 Å². The second kappa shape index (κ2) is 9.48. The minimum atomic E-state index is -3.84. The summed E-state index contributed by atoms with van der Waals surface area (Å²) < 4.78 is 36.6. The largest absolute Gasteiger partial charge is 0.482 e. The molecule has 0 amide bonds. The van der Waals surface area contributed by atoms with Crippen LogP contribution in [0.15, 0.2) is 47.4 Å². The molecule has 29 heavy (non-hydrogen) atoms. The fourth-order valence-corrected chi connectivity index (χ4v) is 4.18. The number of carbonyl (C=O) groups is 1. The molecule has 0 spiro atoms. The standard InChI is InChI=1S/C19H22N2O7S/c1-4-20(5-2)29(25,26)16-9-10-18(17(12-16)21(23)24)28-13-14-7-6-8-15(11-14)19(22)27-3/h6-12H,4-5,13H2,1-3H3. The number of hydrogen-bond donors (Lipinski definition) is 0. The number of esters is 1. The lowest BCUT2D eigenvalue weighted by molar-refractivity contribution is -0.386. The summed E-state index contributed by atoms with van der Waals surface area (Å²) >= 11 is 0. The lowest BCUT2D eigenvalue weighted by atomic mass is 10.1.